The van der Waals surface area contributed by atoms with Gasteiger partial charge in [0.05, 0.1) is 28.8 Å². The molecule has 0 aliphatic rings. The van der Waals surface area contributed by atoms with Crippen LogP contribution in [-0.4, -0.2) is 42.4 Å². The third-order valence-electron chi connectivity index (χ3n) is 2.62. The van der Waals surface area contributed by atoms with Crippen LogP contribution in [0.25, 0.3) is 0 Å². The number of nitrogens with zero attached hydrogens (tertiary/aromatic N) is 1. The molecule has 0 atom stereocenters. The van der Waals surface area contributed by atoms with E-state index in [0.717, 1.165) is 24.6 Å². The van der Waals surface area contributed by atoms with Crippen LogP contribution in [0, 0.1) is 0 Å². The highest BCUT2D eigenvalue weighted by Gasteiger charge is 2.32. The van der Waals surface area contributed by atoms with Crippen molar-refractivity contribution in [2.45, 2.75) is 6.18 Å². The minimum absolute atomic E-state index is 0.206. The lowest BCUT2D eigenvalue weighted by molar-refractivity contribution is -0.137. The van der Waals surface area contributed by atoms with Crippen molar-refractivity contribution in [2.24, 2.45) is 0 Å². The average molecular weight is 395 g/mol. The molecular weight excluding hydrogens is 381 g/mol. The van der Waals surface area contributed by atoms with E-state index in [-0.39, 0.29) is 17.3 Å². The molecule has 1 N–H and O–H groups in total. The molecule has 0 saturated heterocycles. The summed E-state index contributed by atoms with van der Waals surface area (Å²) in [5.74, 6) is 0. The van der Waals surface area contributed by atoms with Crippen molar-refractivity contribution in [1.82, 2.24) is 4.72 Å². The van der Waals surface area contributed by atoms with Crippen molar-refractivity contribution in [1.29, 1.82) is 0 Å². The van der Waals surface area contributed by atoms with Gasteiger partial charge < -0.3 is 0 Å². The maximum atomic E-state index is 12.8. The Morgan fingerprint density at radius 2 is 1.74 bits per heavy atom. The molecule has 132 valence electrons. The van der Waals surface area contributed by atoms with Crippen molar-refractivity contribution in [3.05, 3.63) is 28.8 Å². The smallest absolute Gasteiger partial charge is 0.268 e. The van der Waals surface area contributed by atoms with Crippen LogP contribution in [0.4, 0.5) is 18.9 Å². The van der Waals surface area contributed by atoms with Crippen LogP contribution < -0.4 is 9.03 Å². The molecular formula is C11H14ClF3N2O4S2. The van der Waals surface area contributed by atoms with Crippen molar-refractivity contribution < 1.29 is 30.0 Å². The molecule has 0 radical (unpaired) electrons. The summed E-state index contributed by atoms with van der Waals surface area (Å²) in [6, 6.07) is 2.26. The first-order valence-electron chi connectivity index (χ1n) is 6.01. The molecule has 0 amide bonds. The number of anilines is 1. The van der Waals surface area contributed by atoms with Gasteiger partial charge in [0, 0.05) is 13.1 Å². The predicted octanol–water partition coefficient (Wildman–Crippen LogP) is 1.67. The second kappa shape index (κ2) is 6.83. The van der Waals surface area contributed by atoms with Gasteiger partial charge >= 0.3 is 6.18 Å². The van der Waals surface area contributed by atoms with Gasteiger partial charge in [-0.1, -0.05) is 11.6 Å². The Labute approximate surface area is 137 Å². The van der Waals surface area contributed by atoms with Gasteiger partial charge in [-0.15, -0.1) is 0 Å². The van der Waals surface area contributed by atoms with Crippen molar-refractivity contribution in [3.8, 4) is 0 Å². The van der Waals surface area contributed by atoms with E-state index in [1.807, 2.05) is 0 Å². The van der Waals surface area contributed by atoms with Crippen LogP contribution in [0.15, 0.2) is 18.2 Å². The van der Waals surface area contributed by atoms with E-state index in [1.165, 1.54) is 0 Å². The number of hydrogen-bond donors (Lipinski definition) is 1. The van der Waals surface area contributed by atoms with Gasteiger partial charge in [0.25, 0.3) is 0 Å². The fourth-order valence-electron chi connectivity index (χ4n) is 1.68. The molecule has 0 aliphatic heterocycles. The molecule has 0 aliphatic carbocycles. The molecule has 0 heterocycles. The van der Waals surface area contributed by atoms with Crippen LogP contribution in [0.1, 0.15) is 5.56 Å². The highest BCUT2D eigenvalue weighted by Crippen LogP contribution is 2.36. The molecule has 0 saturated carbocycles. The third-order valence-corrected chi connectivity index (χ3v) is 4.85. The number of halogens is 4. The molecule has 0 bridgehead atoms. The number of rotatable bonds is 6. The lowest BCUT2D eigenvalue weighted by Gasteiger charge is -2.24. The lowest BCUT2D eigenvalue weighted by Crippen LogP contribution is -2.38. The Morgan fingerprint density at radius 3 is 2.17 bits per heavy atom. The summed E-state index contributed by atoms with van der Waals surface area (Å²) in [5.41, 5.74) is -1.44. The van der Waals surface area contributed by atoms with E-state index in [4.69, 9.17) is 11.6 Å². The molecule has 23 heavy (non-hydrogen) atoms. The van der Waals surface area contributed by atoms with Crippen LogP contribution >= 0.6 is 11.6 Å². The average Bonchev–Trinajstić information content (AvgIpc) is 2.31. The predicted molar refractivity (Wildman–Crippen MR) is 81.5 cm³/mol. The number of benzene rings is 1. The van der Waals surface area contributed by atoms with Crippen molar-refractivity contribution in [3.63, 3.8) is 0 Å². The van der Waals surface area contributed by atoms with E-state index in [2.05, 4.69) is 4.72 Å². The SMILES string of the molecule is CS(=O)(=O)NCCN(c1cc(C(F)(F)F)ccc1Cl)S(C)(=O)=O. The number of nitrogens with one attached hydrogen (secondary N) is 1. The van der Waals surface area contributed by atoms with E-state index in [0.29, 0.717) is 10.4 Å². The number of hydrogen-bond acceptors (Lipinski definition) is 4. The van der Waals surface area contributed by atoms with Crippen molar-refractivity contribution in [2.75, 3.05) is 29.9 Å². The molecule has 1 aromatic carbocycles. The fraction of sp³-hybridized carbons (Fsp3) is 0.455. The Bertz CT molecular complexity index is 779. The van der Waals surface area contributed by atoms with E-state index in [1.54, 1.807) is 0 Å². The van der Waals surface area contributed by atoms with Gasteiger partial charge in [-0.05, 0) is 18.2 Å². The molecule has 0 spiro atoms. The Balaban J connectivity index is 3.23. The largest absolute Gasteiger partial charge is 0.416 e. The lowest BCUT2D eigenvalue weighted by atomic mass is 10.2. The second-order valence-corrected chi connectivity index (χ2v) is 8.81. The van der Waals surface area contributed by atoms with Gasteiger partial charge in [0.2, 0.25) is 20.0 Å². The molecule has 6 nitrogen and oxygen atoms in total. The minimum atomic E-state index is -4.67. The fourth-order valence-corrected chi connectivity index (χ4v) is 3.34. The van der Waals surface area contributed by atoms with E-state index in [9.17, 15) is 30.0 Å². The van der Waals surface area contributed by atoms with E-state index < -0.39 is 38.3 Å². The summed E-state index contributed by atoms with van der Waals surface area (Å²) in [6.07, 6.45) is -3.02. The minimum Gasteiger partial charge on any atom is -0.268 e. The van der Waals surface area contributed by atoms with Gasteiger partial charge in [-0.3, -0.25) is 4.31 Å². The second-order valence-electron chi connectivity index (χ2n) is 4.67. The third kappa shape index (κ3) is 6.16. The molecule has 0 aromatic heterocycles. The van der Waals surface area contributed by atoms with Gasteiger partial charge in [0.1, 0.15) is 0 Å². The number of alkyl halides is 3. The van der Waals surface area contributed by atoms with Gasteiger partial charge in [-0.2, -0.15) is 13.2 Å². The first-order chi connectivity index (χ1) is 10.2. The zero-order chi connectivity index (χ0) is 18.1. The van der Waals surface area contributed by atoms with Gasteiger partial charge in [-0.25, -0.2) is 21.6 Å². The zero-order valence-corrected chi connectivity index (χ0v) is 14.4. The first-order valence-corrected chi connectivity index (χ1v) is 10.1. The summed E-state index contributed by atoms with van der Waals surface area (Å²) in [5, 5.41) is -0.206. The van der Waals surface area contributed by atoms with Crippen molar-refractivity contribution >= 4 is 37.3 Å². The molecule has 1 rings (SSSR count). The topological polar surface area (TPSA) is 83.6 Å². The summed E-state index contributed by atoms with van der Waals surface area (Å²) in [6.45, 7) is -0.731. The highest BCUT2D eigenvalue weighted by atomic mass is 35.5. The monoisotopic (exact) mass is 394 g/mol. The van der Waals surface area contributed by atoms with E-state index >= 15 is 0 Å². The maximum Gasteiger partial charge on any atom is 0.416 e. The first kappa shape index (κ1) is 20.0. The Morgan fingerprint density at radius 1 is 1.17 bits per heavy atom. The highest BCUT2D eigenvalue weighted by molar-refractivity contribution is 7.92. The maximum absolute atomic E-state index is 12.8. The molecule has 12 heteroatoms. The van der Waals surface area contributed by atoms with Gasteiger partial charge in [0.15, 0.2) is 0 Å². The number of sulfonamides is 2. The quantitative estimate of drug-likeness (QED) is 0.795. The molecule has 0 fully saturated rings. The molecule has 0 unspecified atom stereocenters. The summed E-state index contributed by atoms with van der Waals surface area (Å²) >= 11 is 5.80. The zero-order valence-electron chi connectivity index (χ0n) is 12.1. The van der Waals surface area contributed by atoms with Crippen LogP contribution in [0.2, 0.25) is 5.02 Å². The van der Waals surface area contributed by atoms with Crippen LogP contribution in [0.3, 0.4) is 0 Å². The standard InChI is InChI=1S/C11H14ClF3N2O4S2/c1-22(18,19)16-5-6-17(23(2,20)21)10-7-8(11(13,14)15)3-4-9(10)12/h3-4,7,16H,5-6H2,1-2H3. The summed E-state index contributed by atoms with van der Waals surface area (Å²) < 4.78 is 86.6. The van der Waals surface area contributed by atoms with Crippen LogP contribution in [-0.2, 0) is 26.2 Å². The molecule has 1 aromatic rings. The normalized spacial score (nSPS) is 13.1. The Hall–Kier alpha value is -1.04. The summed E-state index contributed by atoms with van der Waals surface area (Å²) in [7, 11) is -7.55. The Kier molecular flexibility index (Phi) is 5.94. The summed E-state index contributed by atoms with van der Waals surface area (Å²) in [4.78, 5) is 0. The van der Waals surface area contributed by atoms with Crippen LogP contribution in [0.5, 0.6) is 0 Å².